The normalized spacial score (nSPS) is 10.4. The maximum Gasteiger partial charge on any atom is 0.173 e. The van der Waals surface area contributed by atoms with E-state index in [0.29, 0.717) is 0 Å². The molecule has 0 saturated heterocycles. The first-order valence-electron chi connectivity index (χ1n) is 5.36. The summed E-state index contributed by atoms with van der Waals surface area (Å²) in [4.78, 5) is 4.28. The van der Waals surface area contributed by atoms with E-state index in [1.165, 1.54) is 22.7 Å². The highest BCUT2D eigenvalue weighted by Crippen LogP contribution is 2.29. The van der Waals surface area contributed by atoms with Gasteiger partial charge in [0.1, 0.15) is 5.51 Å². The third kappa shape index (κ3) is 1.97. The minimum atomic E-state index is 0.800. The highest BCUT2D eigenvalue weighted by atomic mass is 32.1. The van der Waals surface area contributed by atoms with Crippen molar-refractivity contribution in [1.29, 1.82) is 0 Å². The molecule has 0 radical (unpaired) electrons. The van der Waals surface area contributed by atoms with Crippen molar-refractivity contribution in [3.8, 4) is 22.5 Å². The molecular formula is C14H10N2S. The molecule has 0 saturated carbocycles. The Balaban J connectivity index is 2.18. The van der Waals surface area contributed by atoms with Gasteiger partial charge in [-0.1, -0.05) is 54.6 Å². The van der Waals surface area contributed by atoms with Crippen molar-refractivity contribution in [1.82, 2.24) is 9.36 Å². The molecule has 0 N–H and O–H groups in total. The zero-order valence-electron chi connectivity index (χ0n) is 9.08. The van der Waals surface area contributed by atoms with Crippen molar-refractivity contribution in [3.05, 3.63) is 60.1 Å². The Morgan fingerprint density at radius 1 is 0.765 bits per heavy atom. The maximum atomic E-state index is 4.30. The van der Waals surface area contributed by atoms with E-state index in [2.05, 4.69) is 33.6 Å². The third-order valence-electron chi connectivity index (χ3n) is 2.61. The smallest absolute Gasteiger partial charge is 0.173 e. The molecule has 0 atom stereocenters. The molecule has 0 fully saturated rings. The standard InChI is InChI=1S/C14H10N2S/c1-2-6-11(7-3-1)12-8-4-5-9-13(12)14-15-10-17-16-14/h1-10H. The molecule has 0 unspecified atom stereocenters. The van der Waals surface area contributed by atoms with E-state index in [4.69, 9.17) is 0 Å². The molecular weight excluding hydrogens is 228 g/mol. The van der Waals surface area contributed by atoms with Gasteiger partial charge < -0.3 is 0 Å². The van der Waals surface area contributed by atoms with Gasteiger partial charge in [0, 0.05) is 5.56 Å². The van der Waals surface area contributed by atoms with E-state index in [-0.39, 0.29) is 0 Å². The Kier molecular flexibility index (Phi) is 2.68. The Morgan fingerprint density at radius 2 is 1.47 bits per heavy atom. The van der Waals surface area contributed by atoms with Gasteiger partial charge in [0.25, 0.3) is 0 Å². The first kappa shape index (κ1) is 10.2. The van der Waals surface area contributed by atoms with Crippen molar-refractivity contribution in [2.45, 2.75) is 0 Å². The minimum Gasteiger partial charge on any atom is -0.223 e. The molecule has 3 rings (SSSR count). The van der Waals surface area contributed by atoms with Crippen molar-refractivity contribution < 1.29 is 0 Å². The number of nitrogens with zero attached hydrogens (tertiary/aromatic N) is 2. The van der Waals surface area contributed by atoms with Gasteiger partial charge in [0.05, 0.1) is 0 Å². The van der Waals surface area contributed by atoms with Gasteiger partial charge in [0.2, 0.25) is 0 Å². The summed E-state index contributed by atoms with van der Waals surface area (Å²) in [5.41, 5.74) is 5.21. The molecule has 0 bridgehead atoms. The molecule has 3 heteroatoms. The van der Waals surface area contributed by atoms with Gasteiger partial charge >= 0.3 is 0 Å². The van der Waals surface area contributed by atoms with Crippen LogP contribution in [-0.2, 0) is 0 Å². The predicted molar refractivity (Wildman–Crippen MR) is 70.8 cm³/mol. The van der Waals surface area contributed by atoms with Crippen LogP contribution in [0.4, 0.5) is 0 Å². The lowest BCUT2D eigenvalue weighted by Crippen LogP contribution is -1.85. The van der Waals surface area contributed by atoms with Crippen LogP contribution in [0.3, 0.4) is 0 Å². The lowest BCUT2D eigenvalue weighted by molar-refractivity contribution is 1.33. The number of hydrogen-bond acceptors (Lipinski definition) is 3. The van der Waals surface area contributed by atoms with Gasteiger partial charge in [-0.2, -0.15) is 4.37 Å². The van der Waals surface area contributed by atoms with E-state index in [1.807, 2.05) is 30.3 Å². The van der Waals surface area contributed by atoms with Crippen LogP contribution in [-0.4, -0.2) is 9.36 Å². The van der Waals surface area contributed by atoms with Crippen molar-refractivity contribution in [3.63, 3.8) is 0 Å². The second-order valence-corrected chi connectivity index (χ2v) is 4.27. The second-order valence-electron chi connectivity index (χ2n) is 3.67. The van der Waals surface area contributed by atoms with Crippen LogP contribution in [0.25, 0.3) is 22.5 Å². The molecule has 1 aromatic heterocycles. The van der Waals surface area contributed by atoms with Crippen LogP contribution in [0.15, 0.2) is 60.1 Å². The van der Waals surface area contributed by atoms with Crippen LogP contribution in [0.5, 0.6) is 0 Å². The third-order valence-corrected chi connectivity index (χ3v) is 3.09. The summed E-state index contributed by atoms with van der Waals surface area (Å²) in [7, 11) is 0. The highest BCUT2D eigenvalue weighted by molar-refractivity contribution is 7.03. The van der Waals surface area contributed by atoms with E-state index in [0.717, 1.165) is 11.4 Å². The lowest BCUT2D eigenvalue weighted by Gasteiger charge is -2.06. The Bertz CT molecular complexity index is 603. The average Bonchev–Trinajstić information content (AvgIpc) is 2.94. The summed E-state index contributed by atoms with van der Waals surface area (Å²) in [6.45, 7) is 0. The van der Waals surface area contributed by atoms with Gasteiger partial charge in [0.15, 0.2) is 5.82 Å². The summed E-state index contributed by atoms with van der Waals surface area (Å²) in [6, 6.07) is 18.5. The molecule has 0 amide bonds. The number of aromatic nitrogens is 2. The number of hydrogen-bond donors (Lipinski definition) is 0. The van der Waals surface area contributed by atoms with Crippen LogP contribution in [0.1, 0.15) is 0 Å². The van der Waals surface area contributed by atoms with Crippen LogP contribution >= 0.6 is 11.5 Å². The topological polar surface area (TPSA) is 25.8 Å². The minimum absolute atomic E-state index is 0.800. The number of benzene rings is 2. The maximum absolute atomic E-state index is 4.30. The second kappa shape index (κ2) is 4.47. The van der Waals surface area contributed by atoms with Gasteiger partial charge in [-0.25, -0.2) is 4.98 Å². The van der Waals surface area contributed by atoms with Crippen molar-refractivity contribution >= 4 is 11.5 Å². The van der Waals surface area contributed by atoms with E-state index >= 15 is 0 Å². The first-order valence-corrected chi connectivity index (χ1v) is 6.20. The zero-order valence-corrected chi connectivity index (χ0v) is 9.89. The van der Waals surface area contributed by atoms with Crippen LogP contribution < -0.4 is 0 Å². The fraction of sp³-hybridized carbons (Fsp3) is 0. The average molecular weight is 238 g/mol. The molecule has 3 aromatic rings. The van der Waals surface area contributed by atoms with Gasteiger partial charge in [-0.3, -0.25) is 0 Å². The summed E-state index contributed by atoms with van der Waals surface area (Å²) >= 11 is 1.38. The fourth-order valence-electron chi connectivity index (χ4n) is 1.84. The summed E-state index contributed by atoms with van der Waals surface area (Å²) in [5.74, 6) is 0.800. The highest BCUT2D eigenvalue weighted by Gasteiger charge is 2.08. The van der Waals surface area contributed by atoms with E-state index in [1.54, 1.807) is 5.51 Å². The molecule has 0 spiro atoms. The molecule has 17 heavy (non-hydrogen) atoms. The molecule has 0 aliphatic heterocycles. The van der Waals surface area contributed by atoms with E-state index < -0.39 is 0 Å². The largest absolute Gasteiger partial charge is 0.223 e. The summed E-state index contributed by atoms with van der Waals surface area (Å²) in [5, 5.41) is 0. The lowest BCUT2D eigenvalue weighted by atomic mass is 9.99. The van der Waals surface area contributed by atoms with Crippen molar-refractivity contribution in [2.75, 3.05) is 0 Å². The molecule has 2 nitrogen and oxygen atoms in total. The Hall–Kier alpha value is -2.00. The molecule has 2 aromatic carbocycles. The molecule has 0 aliphatic rings. The first-order chi connectivity index (χ1) is 8.45. The van der Waals surface area contributed by atoms with Crippen LogP contribution in [0.2, 0.25) is 0 Å². The van der Waals surface area contributed by atoms with Gasteiger partial charge in [-0.05, 0) is 22.7 Å². The fourth-order valence-corrected chi connectivity index (χ4v) is 2.28. The summed E-state index contributed by atoms with van der Waals surface area (Å²) < 4.78 is 4.30. The molecule has 82 valence electrons. The Morgan fingerprint density at radius 3 is 2.18 bits per heavy atom. The van der Waals surface area contributed by atoms with Gasteiger partial charge in [-0.15, -0.1) is 0 Å². The number of rotatable bonds is 2. The predicted octanol–water partition coefficient (Wildman–Crippen LogP) is 3.87. The van der Waals surface area contributed by atoms with Crippen molar-refractivity contribution in [2.24, 2.45) is 0 Å². The Labute approximate surface area is 104 Å². The molecule has 0 aliphatic carbocycles. The van der Waals surface area contributed by atoms with E-state index in [9.17, 15) is 0 Å². The van der Waals surface area contributed by atoms with Crippen LogP contribution in [0, 0.1) is 0 Å². The zero-order chi connectivity index (χ0) is 11.5. The SMILES string of the molecule is c1ccc(-c2ccccc2-c2ncsn2)cc1. The monoisotopic (exact) mass is 238 g/mol. The molecule has 1 heterocycles. The summed E-state index contributed by atoms with van der Waals surface area (Å²) in [6.07, 6.45) is 0. The quantitative estimate of drug-likeness (QED) is 0.677.